The zero-order valence-electron chi connectivity index (χ0n) is 10.3. The summed E-state index contributed by atoms with van der Waals surface area (Å²) in [4.78, 5) is 0. The average molecular weight is 292 g/mol. The number of aromatic nitrogens is 3. The minimum atomic E-state index is 0.696. The zero-order valence-corrected chi connectivity index (χ0v) is 11.8. The van der Waals surface area contributed by atoms with E-state index in [1.807, 2.05) is 43.4 Å². The summed E-state index contributed by atoms with van der Waals surface area (Å²) in [5, 5.41) is 9.67. The maximum absolute atomic E-state index is 6.15. The van der Waals surface area contributed by atoms with Crippen molar-refractivity contribution in [2.75, 3.05) is 0 Å². The molecule has 0 saturated carbocycles. The van der Waals surface area contributed by atoms with Crippen molar-refractivity contribution >= 4 is 34.2 Å². The van der Waals surface area contributed by atoms with Gasteiger partial charge >= 0.3 is 0 Å². The SMILES string of the molecule is Cn1nnc2c(Cc3ccc(Cl)cc3)cc(Cl)cc21. The molecule has 0 N–H and O–H groups in total. The predicted octanol–water partition coefficient (Wildman–Crippen LogP) is 3.87. The van der Waals surface area contributed by atoms with Gasteiger partial charge in [-0.3, -0.25) is 0 Å². The van der Waals surface area contributed by atoms with E-state index in [9.17, 15) is 0 Å². The Bertz CT molecular complexity index is 732. The first-order chi connectivity index (χ1) is 9.13. The average Bonchev–Trinajstić information content (AvgIpc) is 2.74. The Balaban J connectivity index is 2.07. The molecule has 19 heavy (non-hydrogen) atoms. The van der Waals surface area contributed by atoms with Crippen LogP contribution < -0.4 is 0 Å². The molecule has 1 heterocycles. The fourth-order valence-electron chi connectivity index (χ4n) is 2.12. The van der Waals surface area contributed by atoms with E-state index in [4.69, 9.17) is 23.2 Å². The molecule has 0 spiro atoms. The molecule has 1 aromatic heterocycles. The Morgan fingerprint density at radius 2 is 1.79 bits per heavy atom. The standard InChI is InChI=1S/C14H11Cl2N3/c1-19-13-8-12(16)7-10(14(13)17-18-19)6-9-2-4-11(15)5-3-9/h2-5,7-8H,6H2,1H3. The van der Waals surface area contributed by atoms with E-state index in [2.05, 4.69) is 10.3 Å². The maximum Gasteiger partial charge on any atom is 0.116 e. The van der Waals surface area contributed by atoms with Crippen LogP contribution in [-0.4, -0.2) is 15.0 Å². The second-order valence-electron chi connectivity index (χ2n) is 4.45. The summed E-state index contributed by atoms with van der Waals surface area (Å²) in [6.07, 6.45) is 0.757. The molecular formula is C14H11Cl2N3. The van der Waals surface area contributed by atoms with Gasteiger partial charge in [0.1, 0.15) is 5.52 Å². The van der Waals surface area contributed by atoms with E-state index in [0.29, 0.717) is 5.02 Å². The number of rotatable bonds is 2. The third-order valence-electron chi connectivity index (χ3n) is 3.07. The summed E-state index contributed by atoms with van der Waals surface area (Å²) in [5.41, 5.74) is 4.06. The second-order valence-corrected chi connectivity index (χ2v) is 5.32. The first kappa shape index (κ1) is 12.5. The van der Waals surface area contributed by atoms with Gasteiger partial charge in [0.15, 0.2) is 0 Å². The van der Waals surface area contributed by atoms with Crippen molar-refractivity contribution in [2.45, 2.75) is 6.42 Å². The highest BCUT2D eigenvalue weighted by molar-refractivity contribution is 6.31. The Morgan fingerprint density at radius 3 is 2.53 bits per heavy atom. The van der Waals surface area contributed by atoms with E-state index < -0.39 is 0 Å². The van der Waals surface area contributed by atoms with E-state index in [1.54, 1.807) is 4.68 Å². The molecule has 5 heteroatoms. The van der Waals surface area contributed by atoms with Gasteiger partial charge in [0.05, 0.1) is 5.52 Å². The van der Waals surface area contributed by atoms with E-state index in [1.165, 1.54) is 5.56 Å². The van der Waals surface area contributed by atoms with Gasteiger partial charge < -0.3 is 0 Å². The van der Waals surface area contributed by atoms with Crippen molar-refractivity contribution in [3.8, 4) is 0 Å². The predicted molar refractivity (Wildman–Crippen MR) is 77.8 cm³/mol. The Morgan fingerprint density at radius 1 is 1.05 bits per heavy atom. The lowest BCUT2D eigenvalue weighted by Crippen LogP contribution is -1.92. The molecule has 3 aromatic rings. The molecule has 96 valence electrons. The lowest BCUT2D eigenvalue weighted by atomic mass is 10.0. The van der Waals surface area contributed by atoms with Gasteiger partial charge in [0.25, 0.3) is 0 Å². The van der Waals surface area contributed by atoms with Gasteiger partial charge in [-0.25, -0.2) is 4.68 Å². The quantitative estimate of drug-likeness (QED) is 0.718. The molecule has 3 nitrogen and oxygen atoms in total. The number of hydrogen-bond donors (Lipinski definition) is 0. The highest BCUT2D eigenvalue weighted by Gasteiger charge is 2.09. The minimum Gasteiger partial charge on any atom is -0.248 e. The molecule has 0 saturated heterocycles. The van der Waals surface area contributed by atoms with Crippen LogP contribution >= 0.6 is 23.2 Å². The Kier molecular flexibility index (Phi) is 3.17. The number of halogens is 2. The summed E-state index contributed by atoms with van der Waals surface area (Å²) >= 11 is 12.0. The second kappa shape index (κ2) is 4.83. The largest absolute Gasteiger partial charge is 0.248 e. The number of hydrogen-bond acceptors (Lipinski definition) is 2. The molecule has 0 unspecified atom stereocenters. The molecule has 0 aliphatic carbocycles. The monoisotopic (exact) mass is 291 g/mol. The molecule has 0 bridgehead atoms. The van der Waals surface area contributed by atoms with Crippen molar-refractivity contribution in [1.29, 1.82) is 0 Å². The van der Waals surface area contributed by atoms with Crippen LogP contribution in [0.3, 0.4) is 0 Å². The summed E-state index contributed by atoms with van der Waals surface area (Å²) in [6.45, 7) is 0. The van der Waals surface area contributed by atoms with Crippen molar-refractivity contribution in [3.63, 3.8) is 0 Å². The molecule has 2 aromatic carbocycles. The minimum absolute atomic E-state index is 0.696. The van der Waals surface area contributed by atoms with Gasteiger partial charge in [0, 0.05) is 17.1 Å². The van der Waals surface area contributed by atoms with Gasteiger partial charge in [-0.2, -0.15) is 0 Å². The van der Waals surface area contributed by atoms with Crippen molar-refractivity contribution < 1.29 is 0 Å². The van der Waals surface area contributed by atoms with E-state index in [-0.39, 0.29) is 0 Å². The maximum atomic E-state index is 6.15. The summed E-state index contributed by atoms with van der Waals surface area (Å²) < 4.78 is 1.73. The van der Waals surface area contributed by atoms with Crippen molar-refractivity contribution in [3.05, 3.63) is 57.6 Å². The fraction of sp³-hybridized carbons (Fsp3) is 0.143. The molecule has 0 amide bonds. The lowest BCUT2D eigenvalue weighted by molar-refractivity contribution is 0.736. The van der Waals surface area contributed by atoms with Crippen LogP contribution in [0.1, 0.15) is 11.1 Å². The smallest absolute Gasteiger partial charge is 0.116 e. The van der Waals surface area contributed by atoms with Crippen LogP contribution in [0, 0.1) is 0 Å². The highest BCUT2D eigenvalue weighted by Crippen LogP contribution is 2.24. The topological polar surface area (TPSA) is 30.7 Å². The van der Waals surface area contributed by atoms with Crippen LogP contribution in [0.4, 0.5) is 0 Å². The van der Waals surface area contributed by atoms with Crippen LogP contribution in [-0.2, 0) is 13.5 Å². The molecule has 0 atom stereocenters. The first-order valence-corrected chi connectivity index (χ1v) is 6.61. The lowest BCUT2D eigenvalue weighted by Gasteiger charge is -2.04. The third kappa shape index (κ3) is 2.44. The molecule has 0 aliphatic heterocycles. The molecule has 0 aliphatic rings. The number of aryl methyl sites for hydroxylation is 1. The van der Waals surface area contributed by atoms with Crippen LogP contribution in [0.25, 0.3) is 11.0 Å². The Labute approximate surface area is 120 Å². The summed E-state index contributed by atoms with van der Waals surface area (Å²) in [6, 6.07) is 11.6. The Hall–Kier alpha value is -1.58. The van der Waals surface area contributed by atoms with Gasteiger partial charge in [0.2, 0.25) is 0 Å². The first-order valence-electron chi connectivity index (χ1n) is 5.86. The molecule has 3 rings (SSSR count). The van der Waals surface area contributed by atoms with E-state index in [0.717, 1.165) is 28.0 Å². The fourth-order valence-corrected chi connectivity index (χ4v) is 2.48. The molecule has 0 radical (unpaired) electrons. The van der Waals surface area contributed by atoms with Crippen LogP contribution in [0.15, 0.2) is 36.4 Å². The summed E-state index contributed by atoms with van der Waals surface area (Å²) in [7, 11) is 1.86. The highest BCUT2D eigenvalue weighted by atomic mass is 35.5. The van der Waals surface area contributed by atoms with Crippen molar-refractivity contribution in [1.82, 2.24) is 15.0 Å². The van der Waals surface area contributed by atoms with E-state index >= 15 is 0 Å². The van der Waals surface area contributed by atoms with Gasteiger partial charge in [-0.15, -0.1) is 5.10 Å². The molecule has 0 fully saturated rings. The van der Waals surface area contributed by atoms with Gasteiger partial charge in [-0.05, 0) is 41.8 Å². The van der Waals surface area contributed by atoms with Crippen molar-refractivity contribution in [2.24, 2.45) is 7.05 Å². The number of benzene rings is 2. The third-order valence-corrected chi connectivity index (χ3v) is 3.54. The number of nitrogens with zero attached hydrogens (tertiary/aromatic N) is 3. The summed E-state index contributed by atoms with van der Waals surface area (Å²) in [5.74, 6) is 0. The number of fused-ring (bicyclic) bond motifs is 1. The zero-order chi connectivity index (χ0) is 13.4. The van der Waals surface area contributed by atoms with Crippen LogP contribution in [0.2, 0.25) is 10.0 Å². The molecular weight excluding hydrogens is 281 g/mol. The normalized spacial score (nSPS) is 11.1. The van der Waals surface area contributed by atoms with Gasteiger partial charge in [-0.1, -0.05) is 40.5 Å². The van der Waals surface area contributed by atoms with Crippen LogP contribution in [0.5, 0.6) is 0 Å².